The van der Waals surface area contributed by atoms with Crippen LogP contribution in [0.5, 0.6) is 0 Å². The van der Waals surface area contributed by atoms with Crippen molar-refractivity contribution in [2.24, 2.45) is 0 Å². The summed E-state index contributed by atoms with van der Waals surface area (Å²) in [7, 11) is 0. The van der Waals surface area contributed by atoms with Crippen LogP contribution in [-0.4, -0.2) is 58.0 Å². The minimum Gasteiger partial charge on any atom is -0.395 e. The maximum atomic E-state index is 12.5. The molecule has 0 aliphatic rings. The zero-order valence-corrected chi connectivity index (χ0v) is 22.1. The lowest BCUT2D eigenvalue weighted by atomic mass is 10.0. The first-order chi connectivity index (χ1) is 16.1. The van der Waals surface area contributed by atoms with Crippen molar-refractivity contribution in [3.8, 4) is 0 Å². The average Bonchev–Trinajstić information content (AvgIpc) is 2.81. The summed E-state index contributed by atoms with van der Waals surface area (Å²) in [5.41, 5.74) is 0. The fourth-order valence-corrected chi connectivity index (χ4v) is 4.43. The fraction of sp³-hybridized carbons (Fsp3) is 0.964. The molecular formula is C28H57NO4. The predicted octanol–water partition coefficient (Wildman–Crippen LogP) is 6.37. The molecule has 0 saturated heterocycles. The minimum absolute atomic E-state index is 0.153. The molecule has 0 bridgehead atoms. The van der Waals surface area contributed by atoms with Crippen molar-refractivity contribution in [1.29, 1.82) is 0 Å². The van der Waals surface area contributed by atoms with Crippen molar-refractivity contribution in [3.63, 3.8) is 0 Å². The molecular weight excluding hydrogens is 414 g/mol. The van der Waals surface area contributed by atoms with Crippen LogP contribution in [0.1, 0.15) is 142 Å². The Balaban J connectivity index is 3.76. The van der Waals surface area contributed by atoms with Gasteiger partial charge < -0.3 is 20.2 Å². The van der Waals surface area contributed by atoms with Crippen LogP contribution >= 0.6 is 0 Å². The summed E-state index contributed by atoms with van der Waals surface area (Å²) < 4.78 is 0. The van der Waals surface area contributed by atoms with Crippen LogP contribution in [0.2, 0.25) is 0 Å². The standard InChI is InChI=1S/C28H57NO4/c1-3-5-7-9-10-11-12-13-14-15-16-17-18-19-21-26(31)25-29(23-24-30)28(33)27(32)22-20-8-6-4-2/h26-27,30-32H,3-25H2,1-2H3. The average molecular weight is 472 g/mol. The second-order valence-electron chi connectivity index (χ2n) is 9.91. The van der Waals surface area contributed by atoms with Gasteiger partial charge in [0.25, 0.3) is 5.91 Å². The largest absolute Gasteiger partial charge is 0.395 e. The van der Waals surface area contributed by atoms with Crippen LogP contribution in [-0.2, 0) is 4.79 Å². The van der Waals surface area contributed by atoms with E-state index < -0.39 is 12.2 Å². The maximum absolute atomic E-state index is 12.5. The number of aliphatic hydroxyl groups is 3. The van der Waals surface area contributed by atoms with E-state index in [1.165, 1.54) is 81.9 Å². The van der Waals surface area contributed by atoms with Gasteiger partial charge >= 0.3 is 0 Å². The topological polar surface area (TPSA) is 81.0 Å². The third kappa shape index (κ3) is 20.4. The van der Waals surface area contributed by atoms with Gasteiger partial charge in [0.2, 0.25) is 0 Å². The van der Waals surface area contributed by atoms with E-state index in [0.29, 0.717) is 12.8 Å². The van der Waals surface area contributed by atoms with Gasteiger partial charge in [0.1, 0.15) is 6.10 Å². The summed E-state index contributed by atoms with van der Waals surface area (Å²) in [4.78, 5) is 13.9. The molecule has 1 amide bonds. The van der Waals surface area contributed by atoms with Crippen LogP contribution in [0.3, 0.4) is 0 Å². The SMILES string of the molecule is CCCCCCCCCCCCCCCCC(O)CN(CCO)C(=O)C(O)CCCCCC. The van der Waals surface area contributed by atoms with E-state index in [9.17, 15) is 20.1 Å². The van der Waals surface area contributed by atoms with Gasteiger partial charge in [0.15, 0.2) is 0 Å². The Hall–Kier alpha value is -0.650. The first-order valence-corrected chi connectivity index (χ1v) is 14.3. The van der Waals surface area contributed by atoms with Crippen LogP contribution in [0, 0.1) is 0 Å². The van der Waals surface area contributed by atoms with Gasteiger partial charge in [-0.05, 0) is 12.8 Å². The second kappa shape index (κ2) is 24.5. The third-order valence-electron chi connectivity index (χ3n) is 6.62. The Labute approximate surface area is 205 Å². The van der Waals surface area contributed by atoms with Crippen molar-refractivity contribution >= 4 is 5.91 Å². The van der Waals surface area contributed by atoms with E-state index in [1.807, 2.05) is 0 Å². The number of nitrogens with zero attached hydrogens (tertiary/aromatic N) is 1. The quantitative estimate of drug-likeness (QED) is 0.135. The van der Waals surface area contributed by atoms with Crippen LogP contribution in [0.4, 0.5) is 0 Å². The first kappa shape index (κ1) is 32.4. The third-order valence-corrected chi connectivity index (χ3v) is 6.62. The number of carbonyl (C=O) groups excluding carboxylic acids is 1. The lowest BCUT2D eigenvalue weighted by Crippen LogP contribution is -2.44. The molecule has 3 N–H and O–H groups in total. The molecule has 0 aliphatic heterocycles. The van der Waals surface area contributed by atoms with Gasteiger partial charge in [-0.3, -0.25) is 4.79 Å². The number of hydrogen-bond acceptors (Lipinski definition) is 4. The molecule has 0 radical (unpaired) electrons. The molecule has 0 rings (SSSR count). The van der Waals surface area contributed by atoms with Crippen molar-refractivity contribution in [2.45, 2.75) is 154 Å². The van der Waals surface area contributed by atoms with Gasteiger partial charge in [-0.25, -0.2) is 0 Å². The molecule has 0 saturated carbocycles. The molecule has 0 aromatic carbocycles. The van der Waals surface area contributed by atoms with Gasteiger partial charge in [-0.1, -0.05) is 129 Å². The van der Waals surface area contributed by atoms with E-state index in [-0.39, 0.29) is 25.6 Å². The van der Waals surface area contributed by atoms with Gasteiger partial charge in [-0.2, -0.15) is 0 Å². The molecule has 0 aromatic rings. The summed E-state index contributed by atoms with van der Waals surface area (Å²) in [5.74, 6) is -0.361. The Morgan fingerprint density at radius 1 is 0.636 bits per heavy atom. The molecule has 0 heterocycles. The van der Waals surface area contributed by atoms with E-state index in [1.54, 1.807) is 0 Å². The molecule has 5 heteroatoms. The normalized spacial score (nSPS) is 13.2. The Morgan fingerprint density at radius 2 is 1.03 bits per heavy atom. The monoisotopic (exact) mass is 471 g/mol. The molecule has 198 valence electrons. The minimum atomic E-state index is -1.03. The van der Waals surface area contributed by atoms with Crippen molar-refractivity contribution in [1.82, 2.24) is 4.90 Å². The highest BCUT2D eigenvalue weighted by molar-refractivity contribution is 5.80. The molecule has 0 aliphatic carbocycles. The number of unbranched alkanes of at least 4 members (excludes halogenated alkanes) is 16. The lowest BCUT2D eigenvalue weighted by Gasteiger charge is -2.27. The van der Waals surface area contributed by atoms with Crippen LogP contribution in [0.15, 0.2) is 0 Å². The van der Waals surface area contributed by atoms with E-state index in [4.69, 9.17) is 0 Å². The van der Waals surface area contributed by atoms with E-state index >= 15 is 0 Å². The first-order valence-electron chi connectivity index (χ1n) is 14.3. The molecule has 2 unspecified atom stereocenters. The van der Waals surface area contributed by atoms with E-state index in [2.05, 4.69) is 13.8 Å². The number of rotatable bonds is 25. The Bertz CT molecular complexity index is 419. The highest BCUT2D eigenvalue weighted by atomic mass is 16.3. The molecule has 0 aromatic heterocycles. The summed E-state index contributed by atoms with van der Waals surface area (Å²) in [5, 5.41) is 29.8. The fourth-order valence-electron chi connectivity index (χ4n) is 4.43. The van der Waals surface area contributed by atoms with Gasteiger partial charge in [0, 0.05) is 13.1 Å². The zero-order chi connectivity index (χ0) is 24.6. The Kier molecular flexibility index (Phi) is 24.0. The van der Waals surface area contributed by atoms with Crippen molar-refractivity contribution < 1.29 is 20.1 Å². The molecule has 5 nitrogen and oxygen atoms in total. The van der Waals surface area contributed by atoms with Crippen molar-refractivity contribution in [3.05, 3.63) is 0 Å². The van der Waals surface area contributed by atoms with Crippen LogP contribution < -0.4 is 0 Å². The molecule has 2 atom stereocenters. The number of aliphatic hydroxyl groups excluding tert-OH is 3. The summed E-state index contributed by atoms with van der Waals surface area (Å²) in [6.45, 7) is 4.61. The molecule has 33 heavy (non-hydrogen) atoms. The van der Waals surface area contributed by atoms with Gasteiger partial charge in [0.05, 0.1) is 12.7 Å². The summed E-state index contributed by atoms with van der Waals surface area (Å²) in [6.07, 6.45) is 21.9. The maximum Gasteiger partial charge on any atom is 0.251 e. The van der Waals surface area contributed by atoms with E-state index in [0.717, 1.165) is 38.5 Å². The molecule has 0 fully saturated rings. The lowest BCUT2D eigenvalue weighted by molar-refractivity contribution is -0.142. The van der Waals surface area contributed by atoms with Crippen LogP contribution in [0.25, 0.3) is 0 Å². The zero-order valence-electron chi connectivity index (χ0n) is 22.1. The van der Waals surface area contributed by atoms with Crippen molar-refractivity contribution in [2.75, 3.05) is 19.7 Å². The smallest absolute Gasteiger partial charge is 0.251 e. The Morgan fingerprint density at radius 3 is 1.48 bits per heavy atom. The summed E-state index contributed by atoms with van der Waals surface area (Å²) >= 11 is 0. The highest BCUT2D eigenvalue weighted by Crippen LogP contribution is 2.14. The highest BCUT2D eigenvalue weighted by Gasteiger charge is 2.23. The van der Waals surface area contributed by atoms with Gasteiger partial charge in [-0.15, -0.1) is 0 Å². The second-order valence-corrected chi connectivity index (χ2v) is 9.91. The number of hydrogen-bond donors (Lipinski definition) is 3. The summed E-state index contributed by atoms with van der Waals surface area (Å²) in [6, 6.07) is 0. The number of amides is 1. The number of carbonyl (C=O) groups is 1. The molecule has 0 spiro atoms. The predicted molar refractivity (Wildman–Crippen MR) is 139 cm³/mol.